The summed E-state index contributed by atoms with van der Waals surface area (Å²) >= 11 is 11.0. The molecule has 0 aliphatic heterocycles. The lowest BCUT2D eigenvalue weighted by Gasteiger charge is -1.94. The van der Waals surface area contributed by atoms with Crippen molar-refractivity contribution in [2.75, 3.05) is 0 Å². The third-order valence-electron chi connectivity index (χ3n) is 1.93. The van der Waals surface area contributed by atoms with Gasteiger partial charge in [0.15, 0.2) is 0 Å². The van der Waals surface area contributed by atoms with Crippen LogP contribution in [-0.2, 0) is 7.05 Å². The fourth-order valence-electron chi connectivity index (χ4n) is 1.16. The van der Waals surface area contributed by atoms with E-state index in [0.29, 0.717) is 20.9 Å². The lowest BCUT2D eigenvalue weighted by molar-refractivity contribution is 0.764. The van der Waals surface area contributed by atoms with Crippen LogP contribution in [0.25, 0.3) is 0 Å². The summed E-state index contributed by atoms with van der Waals surface area (Å²) in [5.41, 5.74) is 1.31. The van der Waals surface area contributed by atoms with Crippen molar-refractivity contribution in [3.63, 3.8) is 0 Å². The van der Waals surface area contributed by atoms with Gasteiger partial charge < -0.3 is 4.98 Å². The maximum Gasteiger partial charge on any atom is 0.135 e. The van der Waals surface area contributed by atoms with E-state index in [1.165, 1.54) is 0 Å². The van der Waals surface area contributed by atoms with E-state index >= 15 is 0 Å². The molecule has 3 nitrogen and oxygen atoms in total. The van der Waals surface area contributed by atoms with E-state index in [1.807, 2.05) is 19.3 Å². The Hall–Kier alpha value is -1.57. The summed E-state index contributed by atoms with van der Waals surface area (Å²) in [6.45, 7) is 0. The van der Waals surface area contributed by atoms with Crippen LogP contribution in [0.5, 0.6) is 0 Å². The van der Waals surface area contributed by atoms with E-state index in [4.69, 9.17) is 23.8 Å². The Bertz CT molecular complexity index is 630. The highest BCUT2D eigenvalue weighted by molar-refractivity contribution is 7.71. The average Bonchev–Trinajstić information content (AvgIpc) is 2.67. The SMILES string of the molecule is Cn1ccc(C#Cc2[nH]ccc(=S)c2Cl)n1. The lowest BCUT2D eigenvalue weighted by Crippen LogP contribution is -1.88. The third kappa shape index (κ3) is 2.32. The summed E-state index contributed by atoms with van der Waals surface area (Å²) in [4.78, 5) is 2.95. The predicted molar refractivity (Wildman–Crippen MR) is 65.8 cm³/mol. The molecule has 0 aliphatic carbocycles. The summed E-state index contributed by atoms with van der Waals surface area (Å²) in [6, 6.07) is 3.56. The van der Waals surface area contributed by atoms with Crippen molar-refractivity contribution in [1.82, 2.24) is 14.8 Å². The molecule has 0 spiro atoms. The molecular formula is C11H8ClN3S. The monoisotopic (exact) mass is 249 g/mol. The molecule has 1 N–H and O–H groups in total. The van der Waals surface area contributed by atoms with Crippen LogP contribution in [0, 0.1) is 16.4 Å². The molecular weight excluding hydrogens is 242 g/mol. The van der Waals surface area contributed by atoms with Crippen LogP contribution >= 0.6 is 23.8 Å². The number of nitrogens with one attached hydrogen (secondary N) is 1. The van der Waals surface area contributed by atoms with Crippen molar-refractivity contribution in [3.05, 3.63) is 45.4 Å². The number of aryl methyl sites for hydroxylation is 1. The molecule has 0 bridgehead atoms. The molecule has 0 radical (unpaired) electrons. The van der Waals surface area contributed by atoms with Gasteiger partial charge in [-0.1, -0.05) is 23.8 Å². The van der Waals surface area contributed by atoms with Gasteiger partial charge in [-0.05, 0) is 24.0 Å². The smallest absolute Gasteiger partial charge is 0.135 e. The van der Waals surface area contributed by atoms with Crippen molar-refractivity contribution in [2.45, 2.75) is 0 Å². The van der Waals surface area contributed by atoms with Gasteiger partial charge in [0.05, 0.1) is 9.53 Å². The molecule has 16 heavy (non-hydrogen) atoms. The fourth-order valence-corrected chi connectivity index (χ4v) is 1.49. The number of pyridine rings is 1. The zero-order valence-electron chi connectivity index (χ0n) is 8.49. The van der Waals surface area contributed by atoms with E-state index < -0.39 is 0 Å². The normalized spacial score (nSPS) is 9.62. The number of H-pyrrole nitrogens is 1. The van der Waals surface area contributed by atoms with Crippen LogP contribution in [0.1, 0.15) is 11.4 Å². The molecule has 0 amide bonds. The van der Waals surface area contributed by atoms with Crippen molar-refractivity contribution < 1.29 is 0 Å². The second kappa shape index (κ2) is 4.52. The van der Waals surface area contributed by atoms with E-state index in [2.05, 4.69) is 21.9 Å². The van der Waals surface area contributed by atoms with Crippen molar-refractivity contribution in [2.24, 2.45) is 7.05 Å². The Morgan fingerprint density at radius 1 is 1.44 bits per heavy atom. The molecule has 80 valence electrons. The van der Waals surface area contributed by atoms with Gasteiger partial charge >= 0.3 is 0 Å². The first-order valence-electron chi connectivity index (χ1n) is 4.55. The second-order valence-corrected chi connectivity index (χ2v) is 3.97. The Morgan fingerprint density at radius 2 is 2.25 bits per heavy atom. The Balaban J connectivity index is 2.38. The number of hydrogen-bond acceptors (Lipinski definition) is 2. The van der Waals surface area contributed by atoms with Crippen LogP contribution in [0.2, 0.25) is 5.02 Å². The molecule has 0 unspecified atom stereocenters. The largest absolute Gasteiger partial charge is 0.354 e. The number of hydrogen-bond donors (Lipinski definition) is 1. The van der Waals surface area contributed by atoms with Gasteiger partial charge in [0.25, 0.3) is 0 Å². The maximum atomic E-state index is 6.00. The molecule has 2 aromatic heterocycles. The molecule has 0 saturated carbocycles. The molecule has 0 fully saturated rings. The highest BCUT2D eigenvalue weighted by atomic mass is 35.5. The number of halogens is 1. The Morgan fingerprint density at radius 3 is 2.94 bits per heavy atom. The van der Waals surface area contributed by atoms with E-state index in [9.17, 15) is 0 Å². The molecule has 0 aromatic carbocycles. The van der Waals surface area contributed by atoms with Gasteiger partial charge in [-0.3, -0.25) is 4.68 Å². The van der Waals surface area contributed by atoms with Crippen molar-refractivity contribution in [3.8, 4) is 11.8 Å². The molecule has 2 heterocycles. The van der Waals surface area contributed by atoms with Crippen LogP contribution in [0.3, 0.4) is 0 Å². The zero-order valence-corrected chi connectivity index (χ0v) is 10.1. The van der Waals surface area contributed by atoms with Crippen LogP contribution in [0.4, 0.5) is 0 Å². The molecule has 5 heteroatoms. The lowest BCUT2D eigenvalue weighted by atomic mass is 10.3. The molecule has 2 rings (SSSR count). The quantitative estimate of drug-likeness (QED) is 0.575. The van der Waals surface area contributed by atoms with Gasteiger partial charge in [0.2, 0.25) is 0 Å². The Labute approximate surface area is 103 Å². The standard InChI is InChI=1S/C11H8ClN3S/c1-15-7-5-8(14-15)2-3-9-11(12)10(16)4-6-13-9/h4-7H,1H3,(H,13,16). The first-order chi connectivity index (χ1) is 7.66. The highest BCUT2D eigenvalue weighted by Crippen LogP contribution is 2.13. The van der Waals surface area contributed by atoms with Crippen molar-refractivity contribution >= 4 is 23.8 Å². The summed E-state index contributed by atoms with van der Waals surface area (Å²) in [5.74, 6) is 5.81. The van der Waals surface area contributed by atoms with Crippen LogP contribution in [-0.4, -0.2) is 14.8 Å². The number of rotatable bonds is 0. The first-order valence-corrected chi connectivity index (χ1v) is 5.34. The van der Waals surface area contributed by atoms with Gasteiger partial charge in [-0.15, -0.1) is 0 Å². The van der Waals surface area contributed by atoms with Gasteiger partial charge in [0, 0.05) is 19.4 Å². The molecule has 2 aromatic rings. The predicted octanol–water partition coefficient (Wildman–Crippen LogP) is 2.53. The van der Waals surface area contributed by atoms with Gasteiger partial charge in [-0.25, -0.2) is 0 Å². The number of aromatic amines is 1. The number of nitrogens with zero attached hydrogens (tertiary/aromatic N) is 2. The summed E-state index contributed by atoms with van der Waals surface area (Å²) in [6.07, 6.45) is 3.55. The highest BCUT2D eigenvalue weighted by Gasteiger charge is 1.97. The minimum atomic E-state index is 0.473. The minimum Gasteiger partial charge on any atom is -0.354 e. The van der Waals surface area contributed by atoms with Gasteiger partial charge in [-0.2, -0.15) is 5.10 Å². The first kappa shape index (κ1) is 10.9. The second-order valence-electron chi connectivity index (χ2n) is 3.16. The van der Waals surface area contributed by atoms with Gasteiger partial charge in [0.1, 0.15) is 11.4 Å². The summed E-state index contributed by atoms with van der Waals surface area (Å²) in [7, 11) is 1.84. The van der Waals surface area contributed by atoms with E-state index in [-0.39, 0.29) is 0 Å². The maximum absolute atomic E-state index is 6.00. The topological polar surface area (TPSA) is 33.6 Å². The summed E-state index contributed by atoms with van der Waals surface area (Å²) in [5, 5.41) is 4.61. The average molecular weight is 250 g/mol. The Kier molecular flexibility index (Phi) is 3.09. The molecule has 0 atom stereocenters. The number of aromatic nitrogens is 3. The van der Waals surface area contributed by atoms with E-state index in [0.717, 1.165) is 0 Å². The van der Waals surface area contributed by atoms with Crippen LogP contribution < -0.4 is 0 Å². The van der Waals surface area contributed by atoms with E-state index in [1.54, 1.807) is 16.9 Å². The molecule has 0 saturated heterocycles. The third-order valence-corrected chi connectivity index (χ3v) is 2.77. The summed E-state index contributed by atoms with van der Waals surface area (Å²) < 4.78 is 2.28. The molecule has 0 aliphatic rings. The van der Waals surface area contributed by atoms with Crippen LogP contribution in [0.15, 0.2) is 24.5 Å². The zero-order chi connectivity index (χ0) is 11.5. The minimum absolute atomic E-state index is 0.473. The fraction of sp³-hybridized carbons (Fsp3) is 0.0909. The van der Waals surface area contributed by atoms with Crippen molar-refractivity contribution in [1.29, 1.82) is 0 Å².